The Bertz CT molecular complexity index is 498. The summed E-state index contributed by atoms with van der Waals surface area (Å²) >= 11 is 0. The first kappa shape index (κ1) is 26.8. The molecule has 8 heteroatoms. The van der Waals surface area contributed by atoms with Gasteiger partial charge in [0.1, 0.15) is 0 Å². The van der Waals surface area contributed by atoms with Crippen LogP contribution in [0.15, 0.2) is 6.20 Å². The number of hydrogen-bond acceptors (Lipinski definition) is 5. The van der Waals surface area contributed by atoms with Crippen LogP contribution in [-0.2, 0) is 36.9 Å². The van der Waals surface area contributed by atoms with Gasteiger partial charge in [-0.2, -0.15) is 0 Å². The predicted octanol–water partition coefficient (Wildman–Crippen LogP) is 3.49. The largest absolute Gasteiger partial charge is 2.00 e. The molecule has 2 aliphatic rings. The summed E-state index contributed by atoms with van der Waals surface area (Å²) in [5.74, 6) is 1.10. The molecule has 0 amide bonds. The Kier molecular flexibility index (Phi) is 14.4. The van der Waals surface area contributed by atoms with Gasteiger partial charge in [-0.25, -0.2) is 0 Å². The van der Waals surface area contributed by atoms with Gasteiger partial charge >= 0.3 is 25.9 Å². The van der Waals surface area contributed by atoms with E-state index in [1.54, 1.807) is 0 Å². The third kappa shape index (κ3) is 9.62. The molecule has 6 nitrogen and oxygen atoms in total. The molecule has 0 unspecified atom stereocenters. The van der Waals surface area contributed by atoms with Crippen molar-refractivity contribution in [3.05, 3.63) is 75.6 Å². The van der Waals surface area contributed by atoms with E-state index < -0.39 is 8.80 Å². The van der Waals surface area contributed by atoms with Gasteiger partial charge in [-0.1, -0.05) is 5.21 Å². The molecule has 0 atom stereocenters. The molecule has 0 aromatic carbocycles. The van der Waals surface area contributed by atoms with Gasteiger partial charge in [0.05, 0.1) is 5.69 Å². The molecule has 10 radical (unpaired) electrons. The first-order valence-corrected chi connectivity index (χ1v) is 11.9. The molecule has 0 spiro atoms. The normalized spacial score (nSPS) is 17.1. The van der Waals surface area contributed by atoms with Gasteiger partial charge in [-0.15, -0.1) is 5.10 Å². The molecule has 1 heterocycles. The molecular formula is C21H31FeN3O3Si+2. The Morgan fingerprint density at radius 2 is 1.34 bits per heavy atom. The third-order valence-corrected chi connectivity index (χ3v) is 7.17. The molecule has 158 valence electrons. The molecule has 2 fully saturated rings. The van der Waals surface area contributed by atoms with E-state index in [-0.39, 0.29) is 17.1 Å². The molecule has 1 aromatic heterocycles. The Balaban J connectivity index is 0.000000610. The summed E-state index contributed by atoms with van der Waals surface area (Å²) in [5, 5.41) is 8.40. The maximum atomic E-state index is 5.86. The van der Waals surface area contributed by atoms with Crippen LogP contribution in [0.4, 0.5) is 0 Å². The van der Waals surface area contributed by atoms with Crippen LogP contribution in [0.3, 0.4) is 0 Å². The Morgan fingerprint density at radius 1 is 0.828 bits per heavy atom. The third-order valence-electron chi connectivity index (χ3n) is 4.02. The van der Waals surface area contributed by atoms with Crippen molar-refractivity contribution in [2.24, 2.45) is 0 Å². The quantitative estimate of drug-likeness (QED) is 0.477. The fraction of sp³-hybridized carbons (Fsp3) is 0.429. The zero-order valence-electron chi connectivity index (χ0n) is 17.4. The molecule has 2 saturated carbocycles. The Labute approximate surface area is 189 Å². The van der Waals surface area contributed by atoms with Crippen LogP contribution >= 0.6 is 0 Å². The molecular weight excluding hydrogens is 426 g/mol. The Hall–Kier alpha value is -0.244. The zero-order chi connectivity index (χ0) is 20.1. The first-order chi connectivity index (χ1) is 13.7. The standard InChI is InChI=1S/C16H26N3O3Si.C5H5.Fe/c1-4-20-23(21-5-2,22-6-3)13-9-12-19-14-16(17-18-19)15-10-7-8-11-15;1-2-4-5-3-1;/h7-8,10-11,14H,4-6,9,12-13H2,1-3H3;1-5H;/q;;+2. The topological polar surface area (TPSA) is 58.4 Å². The molecule has 1 aromatic rings. The SMILES string of the molecule is CCO[Si](CCCn1cc([C]2[CH][CH][CH][CH]2)nn1)(OCC)OCC.[CH]1[CH][CH][CH][CH]1.[Fe+2]. The van der Waals surface area contributed by atoms with Gasteiger partial charge in [-0.05, 0) is 85.0 Å². The van der Waals surface area contributed by atoms with Gasteiger partial charge in [0.2, 0.25) is 0 Å². The van der Waals surface area contributed by atoms with Crippen molar-refractivity contribution >= 4 is 8.80 Å². The van der Waals surface area contributed by atoms with Crippen molar-refractivity contribution in [3.8, 4) is 0 Å². The van der Waals surface area contributed by atoms with E-state index in [0.29, 0.717) is 19.8 Å². The van der Waals surface area contributed by atoms with Gasteiger partial charge in [0.25, 0.3) is 0 Å². The minimum atomic E-state index is -2.56. The summed E-state index contributed by atoms with van der Waals surface area (Å²) in [7, 11) is -2.56. The van der Waals surface area contributed by atoms with Crippen molar-refractivity contribution in [2.45, 2.75) is 39.8 Å². The van der Waals surface area contributed by atoms with E-state index in [0.717, 1.165) is 30.6 Å². The van der Waals surface area contributed by atoms with Gasteiger partial charge in [0, 0.05) is 44.5 Å². The summed E-state index contributed by atoms with van der Waals surface area (Å²) < 4.78 is 19.5. The smallest absolute Gasteiger partial charge is 0.374 e. The summed E-state index contributed by atoms with van der Waals surface area (Å²) in [6.45, 7) is 8.52. The average Bonchev–Trinajstić information content (AvgIpc) is 3.45. The van der Waals surface area contributed by atoms with E-state index in [4.69, 9.17) is 13.3 Å². The zero-order valence-corrected chi connectivity index (χ0v) is 19.5. The van der Waals surface area contributed by atoms with Gasteiger partial charge < -0.3 is 13.3 Å². The molecule has 3 rings (SSSR count). The summed E-state index contributed by atoms with van der Waals surface area (Å²) in [6, 6.07) is 0.786. The fourth-order valence-corrected chi connectivity index (χ4v) is 5.46. The predicted molar refractivity (Wildman–Crippen MR) is 111 cm³/mol. The number of aryl methyl sites for hydroxylation is 1. The molecule has 0 saturated heterocycles. The van der Waals surface area contributed by atoms with Crippen molar-refractivity contribution < 1.29 is 30.3 Å². The van der Waals surface area contributed by atoms with Crippen LogP contribution in [0.25, 0.3) is 0 Å². The maximum Gasteiger partial charge on any atom is 2.00 e. The summed E-state index contributed by atoms with van der Waals surface area (Å²) in [6.07, 6.45) is 20.9. The number of nitrogens with zero attached hydrogens (tertiary/aromatic N) is 3. The summed E-state index contributed by atoms with van der Waals surface area (Å²) in [5.41, 5.74) is 0.901. The number of rotatable bonds is 11. The summed E-state index contributed by atoms with van der Waals surface area (Å²) in [4.78, 5) is 0. The van der Waals surface area contributed by atoms with Crippen LogP contribution in [-0.4, -0.2) is 43.6 Å². The van der Waals surface area contributed by atoms with Gasteiger partial charge in [0.15, 0.2) is 0 Å². The molecule has 0 aliphatic heterocycles. The van der Waals surface area contributed by atoms with Crippen LogP contribution in [0.2, 0.25) is 6.04 Å². The van der Waals surface area contributed by atoms with Crippen LogP contribution in [0.5, 0.6) is 0 Å². The van der Waals surface area contributed by atoms with E-state index in [1.165, 1.54) is 0 Å². The Morgan fingerprint density at radius 3 is 1.83 bits per heavy atom. The van der Waals surface area contributed by atoms with E-state index in [1.807, 2.05) is 89.4 Å². The first-order valence-electron chi connectivity index (χ1n) is 9.93. The van der Waals surface area contributed by atoms with Crippen molar-refractivity contribution in [1.29, 1.82) is 0 Å². The van der Waals surface area contributed by atoms with Crippen molar-refractivity contribution in [2.75, 3.05) is 19.8 Å². The molecule has 0 N–H and O–H groups in total. The average molecular weight is 457 g/mol. The van der Waals surface area contributed by atoms with Crippen LogP contribution in [0.1, 0.15) is 32.9 Å². The van der Waals surface area contributed by atoms with Crippen molar-refractivity contribution in [1.82, 2.24) is 15.0 Å². The number of hydrogen-bond donors (Lipinski definition) is 0. The fourth-order valence-electron chi connectivity index (χ4n) is 2.86. The van der Waals surface area contributed by atoms with Crippen LogP contribution in [0, 0.1) is 63.7 Å². The minimum Gasteiger partial charge on any atom is -0.374 e. The molecule has 2 aliphatic carbocycles. The minimum absolute atomic E-state index is 0. The number of aromatic nitrogens is 3. The second-order valence-corrected chi connectivity index (χ2v) is 8.82. The van der Waals surface area contributed by atoms with Gasteiger partial charge in [-0.3, -0.25) is 4.68 Å². The molecule has 0 bridgehead atoms. The second-order valence-electron chi connectivity index (χ2n) is 6.09. The second kappa shape index (κ2) is 15.5. The van der Waals surface area contributed by atoms with Crippen molar-refractivity contribution in [3.63, 3.8) is 0 Å². The van der Waals surface area contributed by atoms with E-state index >= 15 is 0 Å². The molecule has 29 heavy (non-hydrogen) atoms. The van der Waals surface area contributed by atoms with E-state index in [2.05, 4.69) is 10.3 Å². The monoisotopic (exact) mass is 457 g/mol. The maximum absolute atomic E-state index is 5.86. The van der Waals surface area contributed by atoms with Crippen LogP contribution < -0.4 is 0 Å². The van der Waals surface area contributed by atoms with E-state index in [9.17, 15) is 0 Å².